The molecule has 0 fully saturated rings. The maximum Gasteiger partial charge on any atom is 0.216 e. The second-order valence-electron chi connectivity index (χ2n) is 4.29. The van der Waals surface area contributed by atoms with Crippen molar-refractivity contribution < 1.29 is 4.74 Å². The molecule has 21 heavy (non-hydrogen) atoms. The number of H-pyrrole nitrogens is 1. The van der Waals surface area contributed by atoms with Crippen LogP contribution in [0.15, 0.2) is 48.8 Å². The largest absolute Gasteiger partial charge is 0.481 e. The Morgan fingerprint density at radius 2 is 1.90 bits per heavy atom. The van der Waals surface area contributed by atoms with Gasteiger partial charge in [-0.25, -0.2) is 15.0 Å². The fourth-order valence-corrected chi connectivity index (χ4v) is 2.14. The van der Waals surface area contributed by atoms with Gasteiger partial charge in [-0.3, -0.25) is 0 Å². The Labute approximate surface area is 126 Å². The Balaban J connectivity index is 2.12. The summed E-state index contributed by atoms with van der Waals surface area (Å²) in [6.07, 6.45) is 1.43. The second-order valence-corrected chi connectivity index (χ2v) is 4.71. The molecule has 0 bridgehead atoms. The summed E-state index contributed by atoms with van der Waals surface area (Å²) < 4.78 is 5.60. The normalized spacial score (nSPS) is 10.3. The summed E-state index contributed by atoms with van der Waals surface area (Å²) >= 11 is 5.24. The highest BCUT2D eigenvalue weighted by molar-refractivity contribution is 7.71. The van der Waals surface area contributed by atoms with Crippen LogP contribution in [0.2, 0.25) is 0 Å². The fraction of sp³-hybridized carbons (Fsp3) is 0.0667. The number of hydrogen-bond donors (Lipinski definition) is 1. The first-order valence-electron chi connectivity index (χ1n) is 6.29. The van der Waals surface area contributed by atoms with Gasteiger partial charge in [-0.05, 0) is 11.6 Å². The summed E-state index contributed by atoms with van der Waals surface area (Å²) in [4.78, 5) is 15.8. The van der Waals surface area contributed by atoms with Gasteiger partial charge in [0.05, 0.1) is 7.11 Å². The van der Waals surface area contributed by atoms with Crippen LogP contribution in [0.4, 0.5) is 0 Å². The number of aromatic amines is 1. The van der Waals surface area contributed by atoms with E-state index in [1.807, 2.05) is 36.4 Å². The highest BCUT2D eigenvalue weighted by Crippen LogP contribution is 2.21. The zero-order valence-electron chi connectivity index (χ0n) is 11.3. The van der Waals surface area contributed by atoms with Crippen LogP contribution in [0.1, 0.15) is 0 Å². The van der Waals surface area contributed by atoms with Gasteiger partial charge in [-0.2, -0.15) is 0 Å². The molecule has 2 heterocycles. The highest BCUT2D eigenvalue weighted by atomic mass is 32.1. The zero-order valence-corrected chi connectivity index (χ0v) is 12.1. The van der Waals surface area contributed by atoms with Crippen molar-refractivity contribution in [1.29, 1.82) is 0 Å². The van der Waals surface area contributed by atoms with Crippen molar-refractivity contribution >= 4 is 12.2 Å². The monoisotopic (exact) mass is 296 g/mol. The van der Waals surface area contributed by atoms with Gasteiger partial charge in [-0.1, -0.05) is 42.5 Å². The number of aromatic nitrogens is 4. The van der Waals surface area contributed by atoms with E-state index in [-0.39, 0.29) is 0 Å². The molecule has 1 aromatic carbocycles. The van der Waals surface area contributed by atoms with Gasteiger partial charge in [0.1, 0.15) is 16.7 Å². The minimum absolute atomic E-state index is 0.478. The minimum Gasteiger partial charge on any atom is -0.481 e. The lowest BCUT2D eigenvalue weighted by Gasteiger charge is -2.06. The van der Waals surface area contributed by atoms with Gasteiger partial charge in [0.2, 0.25) is 5.88 Å². The average Bonchev–Trinajstić information content (AvgIpc) is 2.55. The van der Waals surface area contributed by atoms with Crippen molar-refractivity contribution in [2.75, 3.05) is 7.11 Å². The molecule has 0 amide bonds. The number of rotatable bonds is 3. The van der Waals surface area contributed by atoms with Crippen molar-refractivity contribution in [2.24, 2.45) is 0 Å². The minimum atomic E-state index is 0.478. The van der Waals surface area contributed by atoms with Crippen LogP contribution in [0.25, 0.3) is 22.8 Å². The number of nitrogens with one attached hydrogen (secondary N) is 1. The van der Waals surface area contributed by atoms with Gasteiger partial charge < -0.3 is 9.72 Å². The van der Waals surface area contributed by atoms with Crippen LogP contribution >= 0.6 is 12.2 Å². The Hall–Kier alpha value is -2.60. The van der Waals surface area contributed by atoms with E-state index in [2.05, 4.69) is 19.9 Å². The lowest BCUT2D eigenvalue weighted by Crippen LogP contribution is -1.96. The van der Waals surface area contributed by atoms with Crippen molar-refractivity contribution in [3.8, 4) is 28.7 Å². The average molecular weight is 296 g/mol. The maximum absolute atomic E-state index is 5.24. The molecule has 5 nitrogen and oxygen atoms in total. The van der Waals surface area contributed by atoms with E-state index in [4.69, 9.17) is 17.0 Å². The summed E-state index contributed by atoms with van der Waals surface area (Å²) in [5, 5.41) is 0. The molecule has 0 saturated carbocycles. The summed E-state index contributed by atoms with van der Waals surface area (Å²) in [7, 11) is 1.56. The molecule has 0 radical (unpaired) electrons. The summed E-state index contributed by atoms with van der Waals surface area (Å²) in [6, 6.07) is 13.5. The molecular formula is C15H12N4OS. The Morgan fingerprint density at radius 1 is 1.10 bits per heavy atom. The van der Waals surface area contributed by atoms with E-state index in [0.29, 0.717) is 22.0 Å². The third-order valence-electron chi connectivity index (χ3n) is 2.92. The summed E-state index contributed by atoms with van der Waals surface area (Å²) in [5.74, 6) is 1.06. The van der Waals surface area contributed by atoms with E-state index >= 15 is 0 Å². The topological polar surface area (TPSA) is 63.7 Å². The van der Waals surface area contributed by atoms with E-state index < -0.39 is 0 Å². The van der Waals surface area contributed by atoms with E-state index in [1.165, 1.54) is 6.33 Å². The Bertz CT molecular complexity index is 817. The smallest absolute Gasteiger partial charge is 0.216 e. The second kappa shape index (κ2) is 5.80. The molecule has 0 aliphatic carbocycles. The lowest BCUT2D eigenvalue weighted by molar-refractivity contribution is 0.397. The SMILES string of the molecule is COc1cc(-c2nc(=S)cc(-c3ccccc3)[nH]2)ncn1. The van der Waals surface area contributed by atoms with Crippen LogP contribution in [-0.2, 0) is 0 Å². The molecule has 2 aromatic heterocycles. The summed E-state index contributed by atoms with van der Waals surface area (Å²) in [5.41, 5.74) is 2.56. The van der Waals surface area contributed by atoms with Gasteiger partial charge in [0.25, 0.3) is 0 Å². The van der Waals surface area contributed by atoms with E-state index in [9.17, 15) is 0 Å². The molecule has 3 rings (SSSR count). The predicted octanol–water partition coefficient (Wildman–Crippen LogP) is 3.27. The Morgan fingerprint density at radius 3 is 2.67 bits per heavy atom. The first kappa shape index (κ1) is 13.4. The zero-order chi connectivity index (χ0) is 14.7. The molecule has 0 aliphatic rings. The Kier molecular flexibility index (Phi) is 3.70. The molecule has 0 aliphatic heterocycles. The summed E-state index contributed by atoms with van der Waals surface area (Å²) in [6.45, 7) is 0. The van der Waals surface area contributed by atoms with Crippen molar-refractivity contribution in [3.63, 3.8) is 0 Å². The first-order chi connectivity index (χ1) is 10.3. The van der Waals surface area contributed by atoms with Crippen molar-refractivity contribution in [1.82, 2.24) is 19.9 Å². The third-order valence-corrected chi connectivity index (χ3v) is 3.13. The molecule has 104 valence electrons. The van der Waals surface area contributed by atoms with E-state index in [0.717, 1.165) is 11.3 Å². The fourth-order valence-electron chi connectivity index (χ4n) is 1.93. The predicted molar refractivity (Wildman–Crippen MR) is 82.4 cm³/mol. The van der Waals surface area contributed by atoms with Crippen LogP contribution < -0.4 is 4.74 Å². The van der Waals surface area contributed by atoms with Gasteiger partial charge in [-0.15, -0.1) is 0 Å². The molecule has 3 aromatic rings. The van der Waals surface area contributed by atoms with Gasteiger partial charge in [0, 0.05) is 11.8 Å². The van der Waals surface area contributed by atoms with Crippen molar-refractivity contribution in [3.05, 3.63) is 53.4 Å². The molecule has 0 atom stereocenters. The number of ether oxygens (including phenoxy) is 1. The molecule has 0 spiro atoms. The number of methoxy groups -OCH3 is 1. The molecule has 0 unspecified atom stereocenters. The number of benzene rings is 1. The number of nitrogens with zero attached hydrogens (tertiary/aromatic N) is 3. The standard InChI is InChI=1S/C15H12N4OS/c1-20-13-7-12(16-9-17-13)15-18-11(8-14(21)19-15)10-5-3-2-4-6-10/h2-9H,1H3,(H,18,19,21). The van der Waals surface area contributed by atoms with Crippen LogP contribution in [0, 0.1) is 4.64 Å². The third kappa shape index (κ3) is 2.95. The van der Waals surface area contributed by atoms with Gasteiger partial charge >= 0.3 is 0 Å². The number of hydrogen-bond acceptors (Lipinski definition) is 5. The molecule has 0 saturated heterocycles. The quantitative estimate of drug-likeness (QED) is 0.751. The lowest BCUT2D eigenvalue weighted by atomic mass is 10.1. The van der Waals surface area contributed by atoms with Crippen LogP contribution in [0.3, 0.4) is 0 Å². The van der Waals surface area contributed by atoms with E-state index in [1.54, 1.807) is 13.2 Å². The molecule has 1 N–H and O–H groups in total. The van der Waals surface area contributed by atoms with Crippen molar-refractivity contribution in [2.45, 2.75) is 0 Å². The van der Waals surface area contributed by atoms with Crippen LogP contribution in [-0.4, -0.2) is 27.0 Å². The molecular weight excluding hydrogens is 284 g/mol. The molecule has 6 heteroatoms. The van der Waals surface area contributed by atoms with Gasteiger partial charge in [0.15, 0.2) is 5.82 Å². The highest BCUT2D eigenvalue weighted by Gasteiger charge is 2.07. The van der Waals surface area contributed by atoms with Crippen LogP contribution in [0.5, 0.6) is 5.88 Å². The first-order valence-corrected chi connectivity index (χ1v) is 6.70. The maximum atomic E-state index is 5.24.